The fourth-order valence-corrected chi connectivity index (χ4v) is 5.53. The predicted octanol–water partition coefficient (Wildman–Crippen LogP) is 2.72. The van der Waals surface area contributed by atoms with Crippen LogP contribution in [0.2, 0.25) is 0 Å². The van der Waals surface area contributed by atoms with E-state index < -0.39 is 23.6 Å². The third-order valence-corrected chi connectivity index (χ3v) is 8.40. The number of rotatable bonds is 14. The van der Waals surface area contributed by atoms with Crippen LogP contribution < -0.4 is 15.4 Å². The summed E-state index contributed by atoms with van der Waals surface area (Å²) in [6.45, 7) is 3.70. The lowest BCUT2D eigenvalue weighted by Crippen LogP contribution is -2.50. The lowest BCUT2D eigenvalue weighted by molar-refractivity contribution is -0.139. The Morgan fingerprint density at radius 3 is 2.28 bits per heavy atom. The maximum atomic E-state index is 13.7. The summed E-state index contributed by atoms with van der Waals surface area (Å²) in [6, 6.07) is 5.83. The normalized spacial score (nSPS) is 23.3. The first-order valence-electron chi connectivity index (χ1n) is 14.0. The van der Waals surface area contributed by atoms with Gasteiger partial charge in [0.05, 0.1) is 31.7 Å². The number of methoxy groups -OCH3 is 1. The Balaban J connectivity index is 1.46. The second-order valence-electron chi connectivity index (χ2n) is 11.6. The molecule has 1 aromatic carbocycles. The highest BCUT2D eigenvalue weighted by molar-refractivity contribution is 5.99. The molecule has 4 atom stereocenters. The van der Waals surface area contributed by atoms with Gasteiger partial charge in [-0.3, -0.25) is 24.0 Å². The van der Waals surface area contributed by atoms with Gasteiger partial charge in [-0.2, -0.15) is 0 Å². The molecule has 2 N–H and O–H groups in total. The van der Waals surface area contributed by atoms with E-state index in [0.717, 1.165) is 31.2 Å². The van der Waals surface area contributed by atoms with E-state index in [4.69, 9.17) is 9.47 Å². The van der Waals surface area contributed by atoms with Crippen LogP contribution in [0.3, 0.4) is 0 Å². The lowest BCUT2D eigenvalue weighted by atomic mass is 9.83. The van der Waals surface area contributed by atoms with Crippen molar-refractivity contribution >= 4 is 29.2 Å². The zero-order chi connectivity index (χ0) is 28.2. The second-order valence-corrected chi connectivity index (χ2v) is 11.6. The molecule has 39 heavy (non-hydrogen) atoms. The third kappa shape index (κ3) is 7.53. The Hall–Kier alpha value is -3.07. The van der Waals surface area contributed by atoms with Crippen molar-refractivity contribution < 1.29 is 33.4 Å². The number of benzene rings is 1. The van der Waals surface area contributed by atoms with Gasteiger partial charge in [0.15, 0.2) is 11.6 Å². The fraction of sp³-hybridized carbons (Fsp3) is 0.633. The Bertz CT molecular complexity index is 1080. The summed E-state index contributed by atoms with van der Waals surface area (Å²) in [5.74, 6) is -1.10. The number of carbonyl (C=O) groups excluding carboxylic acids is 5. The average molecular weight is 541 g/mol. The molecule has 9 nitrogen and oxygen atoms in total. The molecule has 0 bridgehead atoms. The van der Waals surface area contributed by atoms with Gasteiger partial charge >= 0.3 is 0 Å². The van der Waals surface area contributed by atoms with Gasteiger partial charge in [-0.05, 0) is 50.3 Å². The van der Waals surface area contributed by atoms with Crippen molar-refractivity contribution in [2.45, 2.75) is 89.3 Å². The number of amides is 2. The van der Waals surface area contributed by atoms with E-state index in [9.17, 15) is 24.0 Å². The molecule has 2 saturated carbocycles. The van der Waals surface area contributed by atoms with Crippen LogP contribution in [0.5, 0.6) is 5.75 Å². The van der Waals surface area contributed by atoms with E-state index in [1.54, 1.807) is 33.1 Å². The van der Waals surface area contributed by atoms with E-state index in [1.807, 2.05) is 12.1 Å². The fourth-order valence-electron chi connectivity index (χ4n) is 5.53. The summed E-state index contributed by atoms with van der Waals surface area (Å²) in [6.07, 6.45) is 5.49. The number of hydrogen-bond acceptors (Lipinski definition) is 7. The molecule has 9 heteroatoms. The van der Waals surface area contributed by atoms with Crippen molar-refractivity contribution in [3.05, 3.63) is 29.8 Å². The van der Waals surface area contributed by atoms with Crippen molar-refractivity contribution in [1.29, 1.82) is 0 Å². The number of Topliss-reactive ketones (excluding diaryl/α,β-unsaturated/α-hetero) is 3. The molecule has 0 spiro atoms. The van der Waals surface area contributed by atoms with Crippen LogP contribution in [0.25, 0.3) is 0 Å². The molecule has 1 saturated heterocycles. The third-order valence-electron chi connectivity index (χ3n) is 8.40. The number of nitrogens with one attached hydrogen (secondary N) is 2. The molecule has 0 aromatic heterocycles. The molecule has 2 aliphatic carbocycles. The van der Waals surface area contributed by atoms with Gasteiger partial charge in [-0.25, -0.2) is 0 Å². The molecule has 1 aromatic rings. The van der Waals surface area contributed by atoms with E-state index >= 15 is 0 Å². The SMILES string of the molecule is COc1ccc(CC(CC(=O)C(C)NC(=O)C2CC(=O)C2)C(=O)NC(CC2CCCC2)C(=O)C2(C)CO2)cc1. The summed E-state index contributed by atoms with van der Waals surface area (Å²) < 4.78 is 10.6. The number of epoxide rings is 1. The maximum absolute atomic E-state index is 13.7. The smallest absolute Gasteiger partial charge is 0.224 e. The van der Waals surface area contributed by atoms with Crippen LogP contribution in [0.15, 0.2) is 24.3 Å². The first-order valence-corrected chi connectivity index (χ1v) is 14.0. The van der Waals surface area contributed by atoms with Crippen molar-refractivity contribution in [3.63, 3.8) is 0 Å². The Morgan fingerprint density at radius 1 is 1.08 bits per heavy atom. The standard InChI is InChI=1S/C30H40N2O7/c1-18(31-28(36)22-14-23(33)15-22)26(34)16-21(12-20-8-10-24(38-3)11-9-20)29(37)32-25(13-19-6-4-5-7-19)27(35)30(2)17-39-30/h8-11,18-19,21-22,25H,4-7,12-17H2,1-3H3,(H,31,36)(H,32,37). The number of hydrogen-bond donors (Lipinski definition) is 2. The largest absolute Gasteiger partial charge is 0.497 e. The van der Waals surface area contributed by atoms with E-state index in [1.165, 1.54) is 0 Å². The average Bonchev–Trinajstić information content (AvgIpc) is 3.44. The summed E-state index contributed by atoms with van der Waals surface area (Å²) in [5.41, 5.74) is -0.0101. The van der Waals surface area contributed by atoms with E-state index in [-0.39, 0.29) is 60.8 Å². The van der Waals surface area contributed by atoms with Crippen LogP contribution in [-0.4, -0.2) is 60.6 Å². The Morgan fingerprint density at radius 2 is 1.72 bits per heavy atom. The summed E-state index contributed by atoms with van der Waals surface area (Å²) in [7, 11) is 1.57. The van der Waals surface area contributed by atoms with Crippen LogP contribution in [-0.2, 0) is 35.1 Å². The van der Waals surface area contributed by atoms with Gasteiger partial charge in [-0.15, -0.1) is 0 Å². The molecule has 4 unspecified atom stereocenters. The monoisotopic (exact) mass is 540 g/mol. The predicted molar refractivity (Wildman–Crippen MR) is 143 cm³/mol. The number of carbonyl (C=O) groups is 5. The molecule has 0 radical (unpaired) electrons. The van der Waals surface area contributed by atoms with Crippen molar-refractivity contribution in [1.82, 2.24) is 10.6 Å². The van der Waals surface area contributed by atoms with Crippen LogP contribution in [0.4, 0.5) is 0 Å². The minimum atomic E-state index is -0.862. The quantitative estimate of drug-likeness (QED) is 0.347. The Kier molecular flexibility index (Phi) is 9.20. The summed E-state index contributed by atoms with van der Waals surface area (Å²) in [4.78, 5) is 63.8. The first-order chi connectivity index (χ1) is 18.6. The van der Waals surface area contributed by atoms with Crippen LogP contribution in [0, 0.1) is 17.8 Å². The van der Waals surface area contributed by atoms with Crippen molar-refractivity contribution in [2.24, 2.45) is 17.8 Å². The van der Waals surface area contributed by atoms with E-state index in [2.05, 4.69) is 10.6 Å². The van der Waals surface area contributed by atoms with Gasteiger partial charge in [0.1, 0.15) is 17.1 Å². The van der Waals surface area contributed by atoms with Crippen LogP contribution in [0.1, 0.15) is 70.8 Å². The topological polar surface area (TPSA) is 131 Å². The molecular formula is C30H40N2O7. The summed E-state index contributed by atoms with van der Waals surface area (Å²) in [5, 5.41) is 5.69. The minimum Gasteiger partial charge on any atom is -0.497 e. The molecule has 3 aliphatic rings. The zero-order valence-electron chi connectivity index (χ0n) is 23.1. The second kappa shape index (κ2) is 12.4. The van der Waals surface area contributed by atoms with Crippen molar-refractivity contribution in [3.8, 4) is 5.75 Å². The molecule has 4 rings (SSSR count). The molecular weight excluding hydrogens is 500 g/mol. The zero-order valence-corrected chi connectivity index (χ0v) is 23.1. The van der Waals surface area contributed by atoms with Crippen molar-refractivity contribution in [2.75, 3.05) is 13.7 Å². The molecule has 212 valence electrons. The van der Waals surface area contributed by atoms with Gasteiger partial charge in [0.25, 0.3) is 0 Å². The van der Waals surface area contributed by atoms with Gasteiger partial charge in [0.2, 0.25) is 11.8 Å². The highest BCUT2D eigenvalue weighted by Crippen LogP contribution is 2.34. The highest BCUT2D eigenvalue weighted by atomic mass is 16.6. The minimum absolute atomic E-state index is 0.0394. The molecule has 1 aliphatic heterocycles. The molecule has 2 amide bonds. The number of ether oxygens (including phenoxy) is 2. The Labute approximate surface area is 229 Å². The first kappa shape index (κ1) is 28.9. The van der Waals surface area contributed by atoms with Gasteiger partial charge in [0, 0.05) is 25.2 Å². The number of ketones is 3. The lowest BCUT2D eigenvalue weighted by Gasteiger charge is -2.27. The highest BCUT2D eigenvalue weighted by Gasteiger charge is 2.50. The molecule has 1 heterocycles. The van der Waals surface area contributed by atoms with Gasteiger partial charge < -0.3 is 20.1 Å². The molecule has 3 fully saturated rings. The van der Waals surface area contributed by atoms with Crippen LogP contribution >= 0.6 is 0 Å². The summed E-state index contributed by atoms with van der Waals surface area (Å²) >= 11 is 0. The van der Waals surface area contributed by atoms with Gasteiger partial charge in [-0.1, -0.05) is 37.8 Å². The van der Waals surface area contributed by atoms with E-state index in [0.29, 0.717) is 24.7 Å². The maximum Gasteiger partial charge on any atom is 0.224 e.